The Bertz CT molecular complexity index is 103. The maximum absolute atomic E-state index is 10.1. The number of hydrogen-bond donors (Lipinski definition) is 1. The Balaban J connectivity index is 2.31. The molecule has 0 spiro atoms. The van der Waals surface area contributed by atoms with Crippen LogP contribution in [0.15, 0.2) is 0 Å². The molecule has 0 aromatic carbocycles. The van der Waals surface area contributed by atoms with Crippen molar-refractivity contribution in [3.05, 3.63) is 0 Å². The Labute approximate surface area is 55.6 Å². The van der Waals surface area contributed by atoms with Gasteiger partial charge in [-0.25, -0.2) is 0 Å². The van der Waals surface area contributed by atoms with Crippen LogP contribution >= 0.6 is 0 Å². The van der Waals surface area contributed by atoms with Gasteiger partial charge in [0.25, 0.3) is 0 Å². The summed E-state index contributed by atoms with van der Waals surface area (Å²) in [5.41, 5.74) is 0. The summed E-state index contributed by atoms with van der Waals surface area (Å²) in [6.45, 7) is 3.15. The summed E-state index contributed by atoms with van der Waals surface area (Å²) in [5.74, 6) is 0.692. The molecule has 1 fully saturated rings. The standard InChI is InChI=1S/C7H12NO/c1-6-2-3-8-7(4-6)5-9/h6-8H,2-4H2,1H3. The largest absolute Gasteiger partial charge is 0.307 e. The molecule has 2 heteroatoms. The molecule has 1 aliphatic heterocycles. The van der Waals surface area contributed by atoms with Gasteiger partial charge in [0.1, 0.15) is 0 Å². The molecule has 1 saturated heterocycles. The summed E-state index contributed by atoms with van der Waals surface area (Å²) in [4.78, 5) is 10.1. The molecule has 2 nitrogen and oxygen atoms in total. The third-order valence-corrected chi connectivity index (χ3v) is 1.81. The fourth-order valence-electron chi connectivity index (χ4n) is 1.20. The van der Waals surface area contributed by atoms with Crippen molar-refractivity contribution in [3.63, 3.8) is 0 Å². The molecule has 0 amide bonds. The van der Waals surface area contributed by atoms with Crippen LogP contribution in [0.5, 0.6) is 0 Å². The van der Waals surface area contributed by atoms with Crippen molar-refractivity contribution in [1.29, 1.82) is 0 Å². The Kier molecular flexibility index (Phi) is 2.22. The van der Waals surface area contributed by atoms with Crippen LogP contribution < -0.4 is 5.32 Å². The average Bonchev–Trinajstić information content (AvgIpc) is 1.88. The minimum atomic E-state index is 0.00810. The lowest BCUT2D eigenvalue weighted by molar-refractivity contribution is 0.358. The first-order chi connectivity index (χ1) is 4.33. The van der Waals surface area contributed by atoms with E-state index in [-0.39, 0.29) is 6.04 Å². The van der Waals surface area contributed by atoms with Gasteiger partial charge in [0.05, 0.1) is 6.04 Å². The topological polar surface area (TPSA) is 29.1 Å². The SMILES string of the molecule is CC1CCNC([C]=O)C1. The molecule has 1 heterocycles. The first-order valence-electron chi connectivity index (χ1n) is 3.44. The molecule has 0 bridgehead atoms. The lowest BCUT2D eigenvalue weighted by Crippen LogP contribution is -2.38. The lowest BCUT2D eigenvalue weighted by Gasteiger charge is -2.23. The van der Waals surface area contributed by atoms with E-state index < -0.39 is 0 Å². The second-order valence-corrected chi connectivity index (χ2v) is 2.75. The van der Waals surface area contributed by atoms with Gasteiger partial charge in [-0.1, -0.05) is 6.92 Å². The Hall–Kier alpha value is -0.370. The quantitative estimate of drug-likeness (QED) is 0.554. The summed E-state index contributed by atoms with van der Waals surface area (Å²) in [6, 6.07) is 0.00810. The van der Waals surface area contributed by atoms with Crippen LogP contribution in [0.1, 0.15) is 19.8 Å². The first kappa shape index (κ1) is 6.75. The number of piperidine rings is 1. The summed E-state index contributed by atoms with van der Waals surface area (Å²) >= 11 is 0. The summed E-state index contributed by atoms with van der Waals surface area (Å²) in [6.07, 6.45) is 4.13. The summed E-state index contributed by atoms with van der Waals surface area (Å²) in [5, 5.41) is 3.08. The summed E-state index contributed by atoms with van der Waals surface area (Å²) < 4.78 is 0. The maximum atomic E-state index is 10.1. The van der Waals surface area contributed by atoms with E-state index in [1.807, 2.05) is 6.29 Å². The summed E-state index contributed by atoms with van der Waals surface area (Å²) in [7, 11) is 0. The highest BCUT2D eigenvalue weighted by atomic mass is 16.1. The van der Waals surface area contributed by atoms with E-state index in [0.29, 0.717) is 5.92 Å². The second-order valence-electron chi connectivity index (χ2n) is 2.75. The van der Waals surface area contributed by atoms with E-state index in [1.165, 1.54) is 6.42 Å². The molecule has 1 rings (SSSR count). The second kappa shape index (κ2) is 2.97. The van der Waals surface area contributed by atoms with Gasteiger partial charge >= 0.3 is 0 Å². The van der Waals surface area contributed by atoms with E-state index in [4.69, 9.17) is 0 Å². The third kappa shape index (κ3) is 1.79. The molecule has 9 heavy (non-hydrogen) atoms. The van der Waals surface area contributed by atoms with Gasteiger partial charge in [-0.15, -0.1) is 0 Å². The molecule has 1 radical (unpaired) electrons. The smallest absolute Gasteiger partial charge is 0.216 e. The van der Waals surface area contributed by atoms with Crippen LogP contribution in [0.25, 0.3) is 0 Å². The maximum Gasteiger partial charge on any atom is 0.216 e. The molecular formula is C7H12NO. The minimum absolute atomic E-state index is 0.00810. The van der Waals surface area contributed by atoms with Gasteiger partial charge in [0, 0.05) is 0 Å². The highest BCUT2D eigenvalue weighted by Gasteiger charge is 2.17. The predicted molar refractivity (Wildman–Crippen MR) is 35.9 cm³/mol. The normalized spacial score (nSPS) is 36.1. The van der Waals surface area contributed by atoms with E-state index in [0.717, 1.165) is 13.0 Å². The van der Waals surface area contributed by atoms with Crippen molar-refractivity contribution in [2.45, 2.75) is 25.8 Å². The van der Waals surface area contributed by atoms with E-state index in [2.05, 4.69) is 12.2 Å². The Morgan fingerprint density at radius 1 is 1.67 bits per heavy atom. The predicted octanol–water partition coefficient (Wildman–Crippen LogP) is 0.484. The Morgan fingerprint density at radius 3 is 2.89 bits per heavy atom. The van der Waals surface area contributed by atoms with Crippen LogP contribution in [0.3, 0.4) is 0 Å². The lowest BCUT2D eigenvalue weighted by atomic mass is 9.95. The highest BCUT2D eigenvalue weighted by Crippen LogP contribution is 2.12. The number of hydrogen-bond acceptors (Lipinski definition) is 2. The van der Waals surface area contributed by atoms with Crippen LogP contribution in [-0.4, -0.2) is 18.9 Å². The zero-order chi connectivity index (χ0) is 6.69. The zero-order valence-corrected chi connectivity index (χ0v) is 5.68. The van der Waals surface area contributed by atoms with Gasteiger partial charge in [0.2, 0.25) is 6.29 Å². The molecule has 0 aromatic heterocycles. The van der Waals surface area contributed by atoms with Crippen molar-refractivity contribution < 1.29 is 4.79 Å². The van der Waals surface area contributed by atoms with Crippen LogP contribution in [-0.2, 0) is 4.79 Å². The van der Waals surface area contributed by atoms with Crippen molar-refractivity contribution in [2.75, 3.05) is 6.54 Å². The van der Waals surface area contributed by atoms with Gasteiger partial charge in [-0.2, -0.15) is 0 Å². The van der Waals surface area contributed by atoms with Crippen LogP contribution in [0.2, 0.25) is 0 Å². The van der Waals surface area contributed by atoms with Crippen LogP contribution in [0.4, 0.5) is 0 Å². The van der Waals surface area contributed by atoms with Gasteiger partial charge in [0.15, 0.2) is 0 Å². The molecule has 0 aromatic rings. The first-order valence-corrected chi connectivity index (χ1v) is 3.44. The van der Waals surface area contributed by atoms with Gasteiger partial charge < -0.3 is 5.32 Å². The van der Waals surface area contributed by atoms with E-state index >= 15 is 0 Å². The third-order valence-electron chi connectivity index (χ3n) is 1.81. The minimum Gasteiger partial charge on any atom is -0.307 e. The van der Waals surface area contributed by atoms with Crippen molar-refractivity contribution in [3.8, 4) is 0 Å². The number of nitrogens with one attached hydrogen (secondary N) is 1. The fraction of sp³-hybridized carbons (Fsp3) is 0.857. The van der Waals surface area contributed by atoms with E-state index in [9.17, 15) is 4.79 Å². The van der Waals surface area contributed by atoms with Gasteiger partial charge in [-0.3, -0.25) is 4.79 Å². The molecule has 2 unspecified atom stereocenters. The molecule has 2 atom stereocenters. The average molecular weight is 126 g/mol. The number of rotatable bonds is 1. The van der Waals surface area contributed by atoms with Crippen molar-refractivity contribution in [2.24, 2.45) is 5.92 Å². The molecule has 51 valence electrons. The van der Waals surface area contributed by atoms with Crippen molar-refractivity contribution in [1.82, 2.24) is 5.32 Å². The molecule has 1 aliphatic rings. The molecule has 1 N–H and O–H groups in total. The Morgan fingerprint density at radius 2 is 2.44 bits per heavy atom. The van der Waals surface area contributed by atoms with E-state index in [1.54, 1.807) is 0 Å². The monoisotopic (exact) mass is 126 g/mol. The highest BCUT2D eigenvalue weighted by molar-refractivity contribution is 5.58. The van der Waals surface area contributed by atoms with Crippen molar-refractivity contribution >= 4 is 6.29 Å². The van der Waals surface area contributed by atoms with Gasteiger partial charge in [-0.05, 0) is 25.3 Å². The molecule has 0 saturated carbocycles. The zero-order valence-electron chi connectivity index (χ0n) is 5.68. The van der Waals surface area contributed by atoms with Crippen LogP contribution in [0, 0.1) is 5.92 Å². The molecular weight excluding hydrogens is 114 g/mol. The number of carbonyl (C=O) groups excluding carboxylic acids is 1. The fourth-order valence-corrected chi connectivity index (χ4v) is 1.20. The molecule has 0 aliphatic carbocycles.